The van der Waals surface area contributed by atoms with E-state index >= 15 is 0 Å². The number of benzene rings is 2. The fourth-order valence-electron chi connectivity index (χ4n) is 5.13. The number of nitrogens with zero attached hydrogens (tertiary/aromatic N) is 3. The molecule has 1 aliphatic heterocycles. The standard InChI is InChI=1S/C30H27F3N4O3S/c31-30(32,33)21-9-3-7-20(16-21)26-25(36-27(41-26)19-12-13-19)28(38)37-15-2-1-10-22(37)17-35-29(39)40-23-11-4-6-18-8-5-14-34-24(18)23/h3-9,11,14,16,19,22H,1-2,10,12-13,15,17H2,(H,35,39)/t22-/m0/s1. The number of hydrogen-bond donors (Lipinski definition) is 1. The summed E-state index contributed by atoms with van der Waals surface area (Å²) in [6.45, 7) is 0.632. The van der Waals surface area contributed by atoms with Gasteiger partial charge in [0, 0.05) is 36.6 Å². The van der Waals surface area contributed by atoms with Gasteiger partial charge in [-0.1, -0.05) is 30.3 Å². The van der Waals surface area contributed by atoms with Crippen molar-refractivity contribution in [2.45, 2.75) is 50.2 Å². The molecule has 1 atom stereocenters. The summed E-state index contributed by atoms with van der Waals surface area (Å²) in [5.41, 5.74) is 0.297. The van der Waals surface area contributed by atoms with Gasteiger partial charge in [-0.2, -0.15) is 13.2 Å². The number of likely N-dealkylation sites (tertiary alicyclic amines) is 1. The Morgan fingerprint density at radius 1 is 1.05 bits per heavy atom. The zero-order valence-corrected chi connectivity index (χ0v) is 22.8. The minimum Gasteiger partial charge on any atom is -0.408 e. The number of rotatable bonds is 6. The number of alkyl halides is 3. The highest BCUT2D eigenvalue weighted by atomic mass is 32.1. The lowest BCUT2D eigenvalue weighted by Crippen LogP contribution is -2.50. The Labute approximate surface area is 238 Å². The molecular formula is C30H27F3N4O3S. The van der Waals surface area contributed by atoms with Crippen molar-refractivity contribution in [3.63, 3.8) is 0 Å². The molecule has 1 saturated carbocycles. The molecule has 6 rings (SSSR count). The van der Waals surface area contributed by atoms with Crippen LogP contribution in [0.3, 0.4) is 0 Å². The number of ether oxygens (including phenoxy) is 1. The maximum atomic E-state index is 13.9. The first kappa shape index (κ1) is 27.2. The quantitative estimate of drug-likeness (QED) is 0.265. The van der Waals surface area contributed by atoms with Gasteiger partial charge in [0.15, 0.2) is 5.75 Å². The molecule has 2 aromatic carbocycles. The third-order valence-electron chi connectivity index (χ3n) is 7.39. The maximum absolute atomic E-state index is 13.9. The Balaban J connectivity index is 1.21. The first-order chi connectivity index (χ1) is 19.8. The molecule has 3 heterocycles. The number of nitrogens with one attached hydrogen (secondary N) is 1. The summed E-state index contributed by atoms with van der Waals surface area (Å²) >= 11 is 1.29. The van der Waals surface area contributed by atoms with Gasteiger partial charge in [-0.25, -0.2) is 9.78 Å². The molecule has 2 aliphatic rings. The zero-order valence-electron chi connectivity index (χ0n) is 22.0. The van der Waals surface area contributed by atoms with E-state index in [4.69, 9.17) is 4.74 Å². The van der Waals surface area contributed by atoms with Crippen LogP contribution in [0.4, 0.5) is 18.0 Å². The molecule has 11 heteroatoms. The topological polar surface area (TPSA) is 84.4 Å². The number of thiazole rings is 1. The van der Waals surface area contributed by atoms with Gasteiger partial charge in [-0.15, -0.1) is 11.3 Å². The van der Waals surface area contributed by atoms with Gasteiger partial charge in [0.25, 0.3) is 5.91 Å². The molecule has 0 unspecified atom stereocenters. The van der Waals surface area contributed by atoms with Crippen LogP contribution in [0, 0.1) is 0 Å². The van der Waals surface area contributed by atoms with Gasteiger partial charge in [-0.3, -0.25) is 9.78 Å². The summed E-state index contributed by atoms with van der Waals surface area (Å²) in [7, 11) is 0. The highest BCUT2D eigenvalue weighted by Gasteiger charge is 2.36. The predicted octanol–water partition coefficient (Wildman–Crippen LogP) is 7.04. The second kappa shape index (κ2) is 11.1. The second-order valence-electron chi connectivity index (χ2n) is 10.3. The summed E-state index contributed by atoms with van der Waals surface area (Å²) < 4.78 is 45.9. The molecule has 1 saturated heterocycles. The largest absolute Gasteiger partial charge is 0.416 e. The van der Waals surface area contributed by atoms with Crippen LogP contribution in [0.5, 0.6) is 5.75 Å². The molecule has 0 radical (unpaired) electrons. The van der Waals surface area contributed by atoms with Gasteiger partial charge in [0.2, 0.25) is 0 Å². The second-order valence-corrected chi connectivity index (χ2v) is 11.4. The van der Waals surface area contributed by atoms with E-state index in [0.29, 0.717) is 34.7 Å². The third kappa shape index (κ3) is 5.90. The summed E-state index contributed by atoms with van der Waals surface area (Å²) in [5, 5.41) is 4.40. The van der Waals surface area contributed by atoms with Crippen molar-refractivity contribution >= 4 is 34.2 Å². The summed E-state index contributed by atoms with van der Waals surface area (Å²) in [6, 6.07) is 13.7. The van der Waals surface area contributed by atoms with Crippen LogP contribution >= 0.6 is 11.3 Å². The van der Waals surface area contributed by atoms with E-state index in [2.05, 4.69) is 15.3 Å². The Morgan fingerprint density at radius 2 is 1.85 bits per heavy atom. The monoisotopic (exact) mass is 580 g/mol. The van der Waals surface area contributed by atoms with Crippen molar-refractivity contribution < 1.29 is 27.5 Å². The van der Waals surface area contributed by atoms with Gasteiger partial charge in [-0.05, 0) is 61.9 Å². The molecular weight excluding hydrogens is 553 g/mol. The Kier molecular flexibility index (Phi) is 7.37. The molecule has 2 aromatic heterocycles. The van der Waals surface area contributed by atoms with Crippen LogP contribution in [0.25, 0.3) is 21.3 Å². The maximum Gasteiger partial charge on any atom is 0.416 e. The highest BCUT2D eigenvalue weighted by Crippen LogP contribution is 2.45. The van der Waals surface area contributed by atoms with Crippen LogP contribution < -0.4 is 10.1 Å². The molecule has 0 spiro atoms. The highest BCUT2D eigenvalue weighted by molar-refractivity contribution is 7.15. The van der Waals surface area contributed by atoms with Crippen molar-refractivity contribution in [2.75, 3.05) is 13.1 Å². The average molecular weight is 581 g/mol. The fourth-order valence-corrected chi connectivity index (χ4v) is 6.35. The molecule has 2 amide bonds. The lowest BCUT2D eigenvalue weighted by atomic mass is 10.0. The van der Waals surface area contributed by atoms with Crippen molar-refractivity contribution in [1.29, 1.82) is 0 Å². The van der Waals surface area contributed by atoms with Crippen molar-refractivity contribution in [3.05, 3.63) is 77.1 Å². The lowest BCUT2D eigenvalue weighted by molar-refractivity contribution is -0.137. The smallest absolute Gasteiger partial charge is 0.408 e. The normalized spacial score (nSPS) is 17.4. The Hall–Kier alpha value is -3.99. The average Bonchev–Trinajstić information content (AvgIpc) is 3.74. The van der Waals surface area contributed by atoms with E-state index in [1.165, 1.54) is 17.4 Å². The number of hydrogen-bond acceptors (Lipinski definition) is 6. The minimum atomic E-state index is -4.50. The Bertz CT molecular complexity index is 1600. The number of pyridine rings is 1. The number of piperidine rings is 1. The summed E-state index contributed by atoms with van der Waals surface area (Å²) in [6.07, 6.45) is 0.706. The van der Waals surface area contributed by atoms with Crippen LogP contribution in [0.2, 0.25) is 0 Å². The molecule has 4 aromatic rings. The summed E-state index contributed by atoms with van der Waals surface area (Å²) in [5.74, 6) is 0.236. The first-order valence-corrected chi connectivity index (χ1v) is 14.4. The third-order valence-corrected chi connectivity index (χ3v) is 8.66. The number of halogens is 3. The number of carbonyl (C=O) groups is 2. The fraction of sp³-hybridized carbons (Fsp3) is 0.333. The van der Waals surface area contributed by atoms with Crippen LogP contribution in [-0.2, 0) is 6.18 Å². The molecule has 7 nitrogen and oxygen atoms in total. The molecule has 2 fully saturated rings. The lowest BCUT2D eigenvalue weighted by Gasteiger charge is -2.35. The van der Waals surface area contributed by atoms with Crippen LogP contribution in [-0.4, -0.2) is 46.0 Å². The van der Waals surface area contributed by atoms with E-state index in [-0.39, 0.29) is 30.1 Å². The SMILES string of the molecule is O=C(NC[C@@H]1CCCCN1C(=O)c1nc(C2CC2)sc1-c1cccc(C(F)(F)F)c1)Oc1cccc2cccnc12. The number of para-hydroxylation sites is 1. The molecule has 1 aliphatic carbocycles. The molecule has 212 valence electrons. The van der Waals surface area contributed by atoms with Crippen LogP contribution in [0.15, 0.2) is 60.8 Å². The van der Waals surface area contributed by atoms with E-state index in [9.17, 15) is 22.8 Å². The molecule has 0 bridgehead atoms. The van der Waals surface area contributed by atoms with E-state index in [1.54, 1.807) is 35.4 Å². The van der Waals surface area contributed by atoms with E-state index in [0.717, 1.165) is 48.2 Å². The molecule has 1 N–H and O–H groups in total. The molecule has 41 heavy (non-hydrogen) atoms. The van der Waals surface area contributed by atoms with Crippen molar-refractivity contribution in [1.82, 2.24) is 20.2 Å². The summed E-state index contributed by atoms with van der Waals surface area (Å²) in [4.78, 5) is 37.7. The van der Waals surface area contributed by atoms with Crippen LogP contribution in [0.1, 0.15) is 59.1 Å². The van der Waals surface area contributed by atoms with E-state index < -0.39 is 17.8 Å². The number of fused-ring (bicyclic) bond motifs is 1. The van der Waals surface area contributed by atoms with Gasteiger partial charge in [0.1, 0.15) is 11.2 Å². The van der Waals surface area contributed by atoms with E-state index in [1.807, 2.05) is 12.1 Å². The predicted molar refractivity (Wildman–Crippen MR) is 149 cm³/mol. The van der Waals surface area contributed by atoms with Gasteiger partial charge >= 0.3 is 12.3 Å². The minimum absolute atomic E-state index is 0.168. The van der Waals surface area contributed by atoms with Crippen molar-refractivity contribution in [2.24, 2.45) is 0 Å². The Morgan fingerprint density at radius 3 is 2.66 bits per heavy atom. The first-order valence-electron chi connectivity index (χ1n) is 13.6. The zero-order chi connectivity index (χ0) is 28.6. The van der Waals surface area contributed by atoms with Gasteiger partial charge in [0.05, 0.1) is 15.4 Å². The number of amides is 2. The van der Waals surface area contributed by atoms with Gasteiger partial charge < -0.3 is 15.0 Å². The number of carbonyl (C=O) groups excluding carboxylic acids is 2. The van der Waals surface area contributed by atoms with Crippen molar-refractivity contribution in [3.8, 4) is 16.2 Å². The number of aromatic nitrogens is 2.